The SMILES string of the molecule is CCn1c(/C=C/c2ccc(CN3CCN(C)C3=O)nc2)nc2ccccc21. The van der Waals surface area contributed by atoms with E-state index < -0.39 is 0 Å². The minimum atomic E-state index is 0.0687. The van der Waals surface area contributed by atoms with E-state index in [1.807, 2.05) is 60.6 Å². The van der Waals surface area contributed by atoms with Crippen LogP contribution in [0.25, 0.3) is 23.2 Å². The fraction of sp³-hybridized carbons (Fsp3) is 0.286. The number of nitrogens with zero attached hydrogens (tertiary/aromatic N) is 5. The van der Waals surface area contributed by atoms with Gasteiger partial charge in [-0.25, -0.2) is 9.78 Å². The van der Waals surface area contributed by atoms with E-state index in [1.54, 1.807) is 4.90 Å². The Morgan fingerprint density at radius 3 is 2.67 bits per heavy atom. The van der Waals surface area contributed by atoms with Crippen molar-refractivity contribution in [2.24, 2.45) is 0 Å². The lowest BCUT2D eigenvalue weighted by molar-refractivity contribution is 0.196. The lowest BCUT2D eigenvalue weighted by Gasteiger charge is -2.15. The number of imidazole rings is 1. The molecule has 3 aromatic rings. The molecular formula is C21H23N5O. The molecule has 6 nitrogen and oxygen atoms in total. The van der Waals surface area contributed by atoms with Gasteiger partial charge in [0.05, 0.1) is 23.3 Å². The Balaban J connectivity index is 1.49. The lowest BCUT2D eigenvalue weighted by atomic mass is 10.2. The van der Waals surface area contributed by atoms with Crippen LogP contribution in [0.2, 0.25) is 0 Å². The van der Waals surface area contributed by atoms with Gasteiger partial charge >= 0.3 is 6.03 Å². The fourth-order valence-corrected chi connectivity index (χ4v) is 3.40. The number of fused-ring (bicyclic) bond motifs is 1. The van der Waals surface area contributed by atoms with Crippen LogP contribution in [0, 0.1) is 0 Å². The summed E-state index contributed by atoms with van der Waals surface area (Å²) in [5.41, 5.74) is 4.07. The van der Waals surface area contributed by atoms with Crippen LogP contribution in [0.5, 0.6) is 0 Å². The van der Waals surface area contributed by atoms with Gasteiger partial charge < -0.3 is 14.4 Å². The number of para-hydroxylation sites is 2. The molecule has 1 fully saturated rings. The van der Waals surface area contributed by atoms with Gasteiger partial charge in [-0.3, -0.25) is 4.98 Å². The van der Waals surface area contributed by atoms with Crippen molar-refractivity contribution in [2.75, 3.05) is 20.1 Å². The first-order chi connectivity index (χ1) is 13.2. The number of carbonyl (C=O) groups excluding carboxylic acids is 1. The van der Waals surface area contributed by atoms with Crippen LogP contribution in [-0.4, -0.2) is 50.5 Å². The minimum Gasteiger partial charge on any atom is -0.326 e. The first kappa shape index (κ1) is 17.3. The number of rotatable bonds is 5. The van der Waals surface area contributed by atoms with Gasteiger partial charge in [-0.15, -0.1) is 0 Å². The Hall–Kier alpha value is -3.15. The van der Waals surface area contributed by atoms with Gasteiger partial charge in [-0.1, -0.05) is 18.2 Å². The summed E-state index contributed by atoms with van der Waals surface area (Å²) in [6.07, 6.45) is 5.90. The van der Waals surface area contributed by atoms with Crippen molar-refractivity contribution in [3.05, 3.63) is 59.7 Å². The second kappa shape index (κ2) is 7.23. The highest BCUT2D eigenvalue weighted by Gasteiger charge is 2.25. The molecule has 138 valence electrons. The van der Waals surface area contributed by atoms with Crippen molar-refractivity contribution in [2.45, 2.75) is 20.0 Å². The number of aryl methyl sites for hydroxylation is 1. The number of urea groups is 1. The van der Waals surface area contributed by atoms with E-state index in [1.165, 1.54) is 0 Å². The molecule has 3 heterocycles. The summed E-state index contributed by atoms with van der Waals surface area (Å²) in [6.45, 7) is 5.08. The fourth-order valence-electron chi connectivity index (χ4n) is 3.40. The summed E-state index contributed by atoms with van der Waals surface area (Å²) in [5.74, 6) is 0.938. The maximum atomic E-state index is 12.0. The van der Waals surface area contributed by atoms with Crippen molar-refractivity contribution in [1.29, 1.82) is 0 Å². The normalized spacial score (nSPS) is 14.8. The molecule has 0 unspecified atom stereocenters. The van der Waals surface area contributed by atoms with E-state index in [0.29, 0.717) is 6.54 Å². The van der Waals surface area contributed by atoms with Crippen LogP contribution in [0.15, 0.2) is 42.6 Å². The molecule has 2 amide bonds. The Bertz CT molecular complexity index is 989. The van der Waals surface area contributed by atoms with E-state index in [2.05, 4.69) is 22.5 Å². The molecule has 6 heteroatoms. The number of hydrogen-bond acceptors (Lipinski definition) is 3. The molecular weight excluding hydrogens is 338 g/mol. The van der Waals surface area contributed by atoms with E-state index >= 15 is 0 Å². The van der Waals surface area contributed by atoms with E-state index in [-0.39, 0.29) is 6.03 Å². The summed E-state index contributed by atoms with van der Waals surface area (Å²) >= 11 is 0. The van der Waals surface area contributed by atoms with Crippen LogP contribution in [0.1, 0.15) is 24.0 Å². The Labute approximate surface area is 158 Å². The predicted octanol–water partition coefficient (Wildman–Crippen LogP) is 3.49. The molecule has 0 atom stereocenters. The van der Waals surface area contributed by atoms with Crippen molar-refractivity contribution in [3.8, 4) is 0 Å². The first-order valence-electron chi connectivity index (χ1n) is 9.24. The summed E-state index contributed by atoms with van der Waals surface area (Å²) < 4.78 is 2.20. The predicted molar refractivity (Wildman–Crippen MR) is 107 cm³/mol. The maximum Gasteiger partial charge on any atom is 0.320 e. The molecule has 0 saturated carbocycles. The smallest absolute Gasteiger partial charge is 0.320 e. The molecule has 1 aliphatic heterocycles. The van der Waals surface area contributed by atoms with Gasteiger partial charge in [-0.2, -0.15) is 0 Å². The topological polar surface area (TPSA) is 54.3 Å². The number of pyridine rings is 1. The van der Waals surface area contributed by atoms with Crippen LogP contribution in [-0.2, 0) is 13.1 Å². The minimum absolute atomic E-state index is 0.0687. The highest BCUT2D eigenvalue weighted by atomic mass is 16.2. The number of benzene rings is 1. The molecule has 0 spiro atoms. The standard InChI is InChI=1S/C21H23N5O/c1-3-26-19-7-5-4-6-18(19)23-20(26)11-9-16-8-10-17(22-14-16)15-25-13-12-24(2)21(25)27/h4-11,14H,3,12-13,15H2,1-2H3/b11-9+. The van der Waals surface area contributed by atoms with E-state index in [0.717, 1.165) is 47.7 Å². The summed E-state index contributed by atoms with van der Waals surface area (Å²) in [6, 6.07) is 12.3. The number of carbonyl (C=O) groups is 1. The van der Waals surface area contributed by atoms with E-state index in [4.69, 9.17) is 4.98 Å². The van der Waals surface area contributed by atoms with Gasteiger partial charge in [0.1, 0.15) is 5.82 Å². The second-order valence-corrected chi connectivity index (χ2v) is 6.74. The third-order valence-corrected chi connectivity index (χ3v) is 4.93. The van der Waals surface area contributed by atoms with Gasteiger partial charge in [-0.05, 0) is 42.8 Å². The third kappa shape index (κ3) is 3.43. The second-order valence-electron chi connectivity index (χ2n) is 6.74. The molecule has 0 aliphatic carbocycles. The van der Waals surface area contributed by atoms with Gasteiger partial charge in [0.15, 0.2) is 0 Å². The molecule has 2 aromatic heterocycles. The van der Waals surface area contributed by atoms with Crippen LogP contribution in [0.4, 0.5) is 4.79 Å². The van der Waals surface area contributed by atoms with Crippen molar-refractivity contribution in [3.63, 3.8) is 0 Å². The third-order valence-electron chi connectivity index (χ3n) is 4.93. The van der Waals surface area contributed by atoms with Crippen molar-refractivity contribution >= 4 is 29.2 Å². The highest BCUT2D eigenvalue weighted by molar-refractivity contribution is 5.79. The van der Waals surface area contributed by atoms with Crippen LogP contribution >= 0.6 is 0 Å². The molecule has 4 rings (SSSR count). The number of aromatic nitrogens is 3. The highest BCUT2D eigenvalue weighted by Crippen LogP contribution is 2.18. The zero-order chi connectivity index (χ0) is 18.8. The van der Waals surface area contributed by atoms with Gasteiger partial charge in [0.25, 0.3) is 0 Å². The van der Waals surface area contributed by atoms with Crippen molar-refractivity contribution < 1.29 is 4.79 Å². The number of amides is 2. The van der Waals surface area contributed by atoms with E-state index in [9.17, 15) is 4.79 Å². The van der Waals surface area contributed by atoms with Gasteiger partial charge in [0.2, 0.25) is 0 Å². The summed E-state index contributed by atoms with van der Waals surface area (Å²) in [5, 5.41) is 0. The molecule has 1 aliphatic rings. The molecule has 1 aromatic carbocycles. The largest absolute Gasteiger partial charge is 0.326 e. The zero-order valence-electron chi connectivity index (χ0n) is 15.7. The maximum absolute atomic E-state index is 12.0. The molecule has 0 N–H and O–H groups in total. The average molecular weight is 361 g/mol. The average Bonchev–Trinajstić information content (AvgIpc) is 3.21. The number of hydrogen-bond donors (Lipinski definition) is 0. The Kier molecular flexibility index (Phi) is 4.62. The molecule has 1 saturated heterocycles. The van der Waals surface area contributed by atoms with Crippen LogP contribution in [0.3, 0.4) is 0 Å². The summed E-state index contributed by atoms with van der Waals surface area (Å²) in [4.78, 5) is 24.7. The zero-order valence-corrected chi connectivity index (χ0v) is 15.7. The van der Waals surface area contributed by atoms with Crippen molar-refractivity contribution in [1.82, 2.24) is 24.3 Å². The Morgan fingerprint density at radius 1 is 1.11 bits per heavy atom. The Morgan fingerprint density at radius 2 is 1.96 bits per heavy atom. The quantitative estimate of drug-likeness (QED) is 0.699. The number of likely N-dealkylation sites (N-methyl/N-ethyl adjacent to an activating group) is 1. The van der Waals surface area contributed by atoms with Crippen LogP contribution < -0.4 is 0 Å². The molecule has 27 heavy (non-hydrogen) atoms. The van der Waals surface area contributed by atoms with Gasteiger partial charge in [0, 0.05) is 32.9 Å². The monoisotopic (exact) mass is 361 g/mol. The first-order valence-corrected chi connectivity index (χ1v) is 9.24. The lowest BCUT2D eigenvalue weighted by Crippen LogP contribution is -2.29. The molecule has 0 bridgehead atoms. The molecule has 0 radical (unpaired) electrons. The summed E-state index contributed by atoms with van der Waals surface area (Å²) in [7, 11) is 1.83.